The average Bonchev–Trinajstić information content (AvgIpc) is 3.09. The summed E-state index contributed by atoms with van der Waals surface area (Å²) >= 11 is 0. The van der Waals surface area contributed by atoms with Crippen LogP contribution < -0.4 is 0 Å². The Bertz CT molecular complexity index is 742. The monoisotopic (exact) mass is 322 g/mol. The van der Waals surface area contributed by atoms with Crippen LogP contribution in [0.15, 0.2) is 66.9 Å². The summed E-state index contributed by atoms with van der Waals surface area (Å²) in [6.07, 6.45) is 2.48. The summed E-state index contributed by atoms with van der Waals surface area (Å²) in [6.45, 7) is 0.826. The number of aliphatic hydroxyl groups excluding tert-OH is 1. The van der Waals surface area contributed by atoms with E-state index in [1.807, 2.05) is 48.5 Å². The molecule has 3 aromatic rings. The van der Waals surface area contributed by atoms with Crippen LogP contribution in [0.3, 0.4) is 0 Å². The van der Waals surface area contributed by atoms with Gasteiger partial charge in [0, 0.05) is 19.2 Å². The summed E-state index contributed by atoms with van der Waals surface area (Å²) in [5, 5.41) is 18.3. The van der Waals surface area contributed by atoms with Gasteiger partial charge in [-0.25, -0.2) is 0 Å². The van der Waals surface area contributed by atoms with Crippen molar-refractivity contribution < 1.29 is 5.11 Å². The number of hydrogen-bond acceptors (Lipinski definition) is 4. The molecule has 1 heterocycles. The highest BCUT2D eigenvalue weighted by molar-refractivity contribution is 5.28. The molecule has 1 N–H and O–H groups in total. The maximum Gasteiger partial charge on any atom is 0.0971 e. The van der Waals surface area contributed by atoms with Crippen molar-refractivity contribution in [3.05, 3.63) is 78.1 Å². The fraction of sp³-hybridized carbons (Fsp3) is 0.263. The number of benzene rings is 2. The second-order valence-corrected chi connectivity index (χ2v) is 5.81. The third-order valence-corrected chi connectivity index (χ3v) is 4.06. The molecule has 5 heteroatoms. The molecule has 3 rings (SSSR count). The molecule has 0 bridgehead atoms. The molecule has 124 valence electrons. The molecule has 24 heavy (non-hydrogen) atoms. The van der Waals surface area contributed by atoms with E-state index < -0.39 is 0 Å². The molecule has 0 amide bonds. The van der Waals surface area contributed by atoms with Crippen molar-refractivity contribution in [1.29, 1.82) is 0 Å². The summed E-state index contributed by atoms with van der Waals surface area (Å²) in [4.78, 5) is 3.84. The normalized spacial score (nSPS) is 12.5. The Morgan fingerprint density at radius 3 is 2.38 bits per heavy atom. The number of hydrogen-bond donors (Lipinski definition) is 1. The highest BCUT2D eigenvalue weighted by Gasteiger charge is 2.17. The van der Waals surface area contributed by atoms with Gasteiger partial charge in [-0.3, -0.25) is 4.90 Å². The fourth-order valence-corrected chi connectivity index (χ4v) is 2.86. The Kier molecular flexibility index (Phi) is 5.36. The fourth-order valence-electron chi connectivity index (χ4n) is 2.86. The van der Waals surface area contributed by atoms with Crippen molar-refractivity contribution in [2.75, 3.05) is 13.7 Å². The minimum Gasteiger partial charge on any atom is -0.396 e. The summed E-state index contributed by atoms with van der Waals surface area (Å²) in [6, 6.07) is 20.3. The lowest BCUT2D eigenvalue weighted by atomic mass is 10.0. The van der Waals surface area contributed by atoms with E-state index in [4.69, 9.17) is 0 Å². The minimum absolute atomic E-state index is 0.151. The second-order valence-electron chi connectivity index (χ2n) is 5.81. The standard InChI is InChI=1S/C19H22N4O/c1-22(19(12-13-24)16-8-4-2-5-9-16)15-17-14-20-23(21-17)18-10-6-3-7-11-18/h2-11,14,19,24H,12-13,15H2,1H3. The first-order chi connectivity index (χ1) is 11.8. The third-order valence-electron chi connectivity index (χ3n) is 4.06. The van der Waals surface area contributed by atoms with E-state index in [0.29, 0.717) is 13.0 Å². The SMILES string of the molecule is CN(Cc1cnn(-c2ccccc2)n1)C(CCO)c1ccccc1. The number of nitrogens with zero attached hydrogens (tertiary/aromatic N) is 4. The van der Waals surface area contributed by atoms with Gasteiger partial charge in [-0.05, 0) is 31.2 Å². The van der Waals surface area contributed by atoms with Crippen molar-refractivity contribution in [2.45, 2.75) is 19.0 Å². The molecule has 0 saturated heterocycles. The average molecular weight is 322 g/mol. The summed E-state index contributed by atoms with van der Waals surface area (Å²) in [7, 11) is 2.05. The predicted molar refractivity (Wildman–Crippen MR) is 93.7 cm³/mol. The van der Waals surface area contributed by atoms with E-state index in [9.17, 15) is 5.11 Å². The molecule has 2 aromatic carbocycles. The molecular weight excluding hydrogens is 300 g/mol. The van der Waals surface area contributed by atoms with Crippen molar-refractivity contribution in [3.8, 4) is 5.69 Å². The van der Waals surface area contributed by atoms with Gasteiger partial charge in [-0.15, -0.1) is 0 Å². The van der Waals surface area contributed by atoms with Crippen molar-refractivity contribution >= 4 is 0 Å². The van der Waals surface area contributed by atoms with Crippen LogP contribution in [0.1, 0.15) is 23.7 Å². The van der Waals surface area contributed by atoms with Gasteiger partial charge in [0.1, 0.15) is 0 Å². The highest BCUT2D eigenvalue weighted by Crippen LogP contribution is 2.24. The number of para-hydroxylation sites is 1. The molecule has 0 spiro atoms. The van der Waals surface area contributed by atoms with Gasteiger partial charge in [-0.1, -0.05) is 48.5 Å². The quantitative estimate of drug-likeness (QED) is 0.727. The Balaban J connectivity index is 1.73. The second kappa shape index (κ2) is 7.86. The van der Waals surface area contributed by atoms with Gasteiger partial charge in [0.05, 0.1) is 17.6 Å². The van der Waals surface area contributed by atoms with E-state index in [0.717, 1.165) is 11.4 Å². The Morgan fingerprint density at radius 2 is 1.71 bits per heavy atom. The van der Waals surface area contributed by atoms with Crippen LogP contribution in [-0.2, 0) is 6.54 Å². The molecule has 5 nitrogen and oxygen atoms in total. The molecule has 0 aliphatic rings. The Hall–Kier alpha value is -2.50. The number of aliphatic hydroxyl groups is 1. The van der Waals surface area contributed by atoms with E-state index >= 15 is 0 Å². The van der Waals surface area contributed by atoms with E-state index in [1.165, 1.54) is 5.56 Å². The van der Waals surface area contributed by atoms with Crippen molar-refractivity contribution in [2.24, 2.45) is 0 Å². The largest absolute Gasteiger partial charge is 0.396 e. The van der Waals surface area contributed by atoms with Gasteiger partial charge in [0.2, 0.25) is 0 Å². The highest BCUT2D eigenvalue weighted by atomic mass is 16.3. The van der Waals surface area contributed by atoms with Gasteiger partial charge in [0.25, 0.3) is 0 Å². The van der Waals surface area contributed by atoms with E-state index in [2.05, 4.69) is 34.3 Å². The number of rotatable bonds is 7. The van der Waals surface area contributed by atoms with Crippen LogP contribution >= 0.6 is 0 Å². The molecular formula is C19H22N4O. The summed E-state index contributed by atoms with van der Waals surface area (Å²) in [5.41, 5.74) is 3.05. The van der Waals surface area contributed by atoms with Gasteiger partial charge in [-0.2, -0.15) is 15.0 Å². The molecule has 1 unspecified atom stereocenters. The molecule has 0 aliphatic carbocycles. The van der Waals surface area contributed by atoms with Crippen LogP contribution in [0.2, 0.25) is 0 Å². The molecule has 0 radical (unpaired) electrons. The van der Waals surface area contributed by atoms with Gasteiger partial charge >= 0.3 is 0 Å². The van der Waals surface area contributed by atoms with Crippen LogP contribution in [0, 0.1) is 0 Å². The van der Waals surface area contributed by atoms with Gasteiger partial charge < -0.3 is 5.11 Å². The lowest BCUT2D eigenvalue weighted by Gasteiger charge is -2.27. The molecule has 0 aliphatic heterocycles. The van der Waals surface area contributed by atoms with Crippen LogP contribution in [0.25, 0.3) is 5.69 Å². The lowest BCUT2D eigenvalue weighted by Crippen LogP contribution is -2.25. The smallest absolute Gasteiger partial charge is 0.0971 e. The van der Waals surface area contributed by atoms with E-state index in [-0.39, 0.29) is 12.6 Å². The van der Waals surface area contributed by atoms with Crippen LogP contribution in [-0.4, -0.2) is 38.7 Å². The molecule has 0 fully saturated rings. The molecule has 1 atom stereocenters. The maximum absolute atomic E-state index is 9.41. The Labute approximate surface area is 142 Å². The third kappa shape index (κ3) is 3.88. The van der Waals surface area contributed by atoms with Crippen molar-refractivity contribution in [1.82, 2.24) is 19.9 Å². The van der Waals surface area contributed by atoms with Crippen LogP contribution in [0.5, 0.6) is 0 Å². The molecule has 0 saturated carbocycles. The topological polar surface area (TPSA) is 54.2 Å². The zero-order valence-electron chi connectivity index (χ0n) is 13.8. The summed E-state index contributed by atoms with van der Waals surface area (Å²) < 4.78 is 0. The minimum atomic E-state index is 0.151. The maximum atomic E-state index is 9.41. The van der Waals surface area contributed by atoms with Gasteiger partial charge in [0.15, 0.2) is 0 Å². The number of aromatic nitrogens is 3. The zero-order chi connectivity index (χ0) is 16.8. The predicted octanol–water partition coefficient (Wildman–Crippen LogP) is 2.82. The zero-order valence-corrected chi connectivity index (χ0v) is 13.8. The van der Waals surface area contributed by atoms with E-state index in [1.54, 1.807) is 11.0 Å². The van der Waals surface area contributed by atoms with Crippen LogP contribution in [0.4, 0.5) is 0 Å². The first kappa shape index (κ1) is 16.4. The Morgan fingerprint density at radius 1 is 1.04 bits per heavy atom. The summed E-state index contributed by atoms with van der Waals surface area (Å²) in [5.74, 6) is 0. The first-order valence-electron chi connectivity index (χ1n) is 8.10. The first-order valence-corrected chi connectivity index (χ1v) is 8.10. The molecule has 1 aromatic heterocycles. The van der Waals surface area contributed by atoms with Crippen molar-refractivity contribution in [3.63, 3.8) is 0 Å². The lowest BCUT2D eigenvalue weighted by molar-refractivity contribution is 0.178.